The van der Waals surface area contributed by atoms with Crippen molar-refractivity contribution in [2.75, 3.05) is 0 Å². The van der Waals surface area contributed by atoms with Crippen LogP contribution in [-0.4, -0.2) is 21.8 Å². The monoisotopic (exact) mass is 624 g/mol. The standard InChI is InChI=1S/C36H24F4N2S2/c37-35(38)22-27(30-28(21-23-13-5-1-6-14-23)43-33(41-30)25-17-9-3-10-18-25)29(36(35,39)40)31-32(24-15-7-2-8-16-24)44-34(42-31)26-19-11-4-12-20-26/h1-20H,21-22H2. The minimum atomic E-state index is -4.46. The number of nitrogens with zero attached hydrogens (tertiary/aromatic N) is 2. The van der Waals surface area contributed by atoms with E-state index in [1.165, 1.54) is 22.7 Å². The van der Waals surface area contributed by atoms with Crippen LogP contribution < -0.4 is 0 Å². The number of hydrogen-bond donors (Lipinski definition) is 0. The number of hydrogen-bond acceptors (Lipinski definition) is 4. The number of allylic oxidation sites excluding steroid dienone is 2. The van der Waals surface area contributed by atoms with E-state index in [2.05, 4.69) is 4.98 Å². The molecule has 0 atom stereocenters. The average Bonchev–Trinajstić information content (AvgIpc) is 3.72. The second kappa shape index (κ2) is 11.3. The summed E-state index contributed by atoms with van der Waals surface area (Å²) in [7, 11) is 0. The van der Waals surface area contributed by atoms with Gasteiger partial charge in [0.2, 0.25) is 0 Å². The number of benzene rings is 4. The second-order valence-corrected chi connectivity index (χ2v) is 12.6. The SMILES string of the molecule is FC1(F)CC(c2nc(-c3ccccc3)sc2Cc2ccccc2)=C(c2nc(-c3ccccc3)sc2-c2ccccc2)C1(F)F. The minimum absolute atomic E-state index is 0.128. The number of alkyl halides is 4. The topological polar surface area (TPSA) is 25.8 Å². The first kappa shape index (κ1) is 28.4. The maximum absolute atomic E-state index is 16.1. The molecule has 0 amide bonds. The summed E-state index contributed by atoms with van der Waals surface area (Å²) in [5.74, 6) is -8.78. The van der Waals surface area contributed by atoms with Gasteiger partial charge in [0.05, 0.1) is 21.8 Å². The molecular weight excluding hydrogens is 601 g/mol. The Hall–Kier alpha value is -4.40. The van der Waals surface area contributed by atoms with Gasteiger partial charge >= 0.3 is 11.8 Å². The highest BCUT2D eigenvalue weighted by atomic mass is 32.1. The summed E-state index contributed by atoms with van der Waals surface area (Å²) in [6, 6.07) is 37.0. The van der Waals surface area contributed by atoms with Crippen LogP contribution in [0.25, 0.3) is 42.7 Å². The van der Waals surface area contributed by atoms with E-state index in [1.807, 2.05) is 97.1 Å². The molecule has 1 aliphatic carbocycles. The number of thiazole rings is 2. The van der Waals surface area contributed by atoms with Gasteiger partial charge < -0.3 is 0 Å². The zero-order valence-corrected chi connectivity index (χ0v) is 24.8. The van der Waals surface area contributed by atoms with Gasteiger partial charge in [0.1, 0.15) is 10.0 Å². The van der Waals surface area contributed by atoms with Crippen molar-refractivity contribution in [3.8, 4) is 31.6 Å². The molecule has 44 heavy (non-hydrogen) atoms. The lowest BCUT2D eigenvalue weighted by Crippen LogP contribution is -2.36. The van der Waals surface area contributed by atoms with E-state index < -0.39 is 23.8 Å². The molecule has 0 aliphatic heterocycles. The molecule has 6 aromatic rings. The molecule has 0 spiro atoms. The molecule has 0 saturated heterocycles. The summed E-state index contributed by atoms with van der Waals surface area (Å²) < 4.78 is 63.3. The molecule has 4 aromatic carbocycles. The summed E-state index contributed by atoms with van der Waals surface area (Å²) in [6.45, 7) is 0. The van der Waals surface area contributed by atoms with Crippen molar-refractivity contribution in [1.82, 2.24) is 9.97 Å². The highest BCUT2D eigenvalue weighted by molar-refractivity contribution is 7.18. The van der Waals surface area contributed by atoms with E-state index in [1.54, 1.807) is 24.3 Å². The van der Waals surface area contributed by atoms with Crippen LogP contribution in [0.4, 0.5) is 17.6 Å². The van der Waals surface area contributed by atoms with Gasteiger partial charge in [-0.1, -0.05) is 121 Å². The number of aromatic nitrogens is 2. The predicted octanol–water partition coefficient (Wildman–Crippen LogP) is 10.8. The molecular formula is C36H24F4N2S2. The molecule has 2 heterocycles. The highest BCUT2D eigenvalue weighted by Gasteiger charge is 2.66. The van der Waals surface area contributed by atoms with Gasteiger partial charge in [-0.05, 0) is 16.7 Å². The van der Waals surface area contributed by atoms with Gasteiger partial charge in [-0.15, -0.1) is 22.7 Å². The van der Waals surface area contributed by atoms with Crippen LogP contribution in [0, 0.1) is 0 Å². The van der Waals surface area contributed by atoms with E-state index in [4.69, 9.17) is 4.98 Å². The molecule has 7 rings (SSSR count). The van der Waals surface area contributed by atoms with Gasteiger partial charge in [-0.2, -0.15) is 17.6 Å². The van der Waals surface area contributed by atoms with E-state index in [0.29, 0.717) is 31.8 Å². The molecule has 0 bridgehead atoms. The summed E-state index contributed by atoms with van der Waals surface area (Å²) in [6.07, 6.45) is -0.770. The number of rotatable bonds is 7. The average molecular weight is 625 g/mol. The third kappa shape index (κ3) is 5.08. The fourth-order valence-electron chi connectivity index (χ4n) is 5.46. The molecule has 2 nitrogen and oxygen atoms in total. The third-order valence-electron chi connectivity index (χ3n) is 7.61. The van der Waals surface area contributed by atoms with Crippen LogP contribution in [0.3, 0.4) is 0 Å². The molecule has 1 aliphatic rings. The van der Waals surface area contributed by atoms with Crippen LogP contribution in [-0.2, 0) is 6.42 Å². The lowest BCUT2D eigenvalue weighted by molar-refractivity contribution is -0.161. The molecule has 0 radical (unpaired) electrons. The quantitative estimate of drug-likeness (QED) is 0.165. The fourth-order valence-corrected chi connectivity index (χ4v) is 7.67. The van der Waals surface area contributed by atoms with Crippen molar-refractivity contribution in [3.63, 3.8) is 0 Å². The Bertz CT molecular complexity index is 1950. The largest absolute Gasteiger partial charge is 0.338 e. The Morgan fingerprint density at radius 1 is 0.568 bits per heavy atom. The third-order valence-corrected chi connectivity index (χ3v) is 9.86. The molecule has 0 saturated carbocycles. The van der Waals surface area contributed by atoms with Crippen molar-refractivity contribution in [1.29, 1.82) is 0 Å². The van der Waals surface area contributed by atoms with E-state index in [0.717, 1.165) is 16.7 Å². The second-order valence-electron chi connectivity index (χ2n) is 10.6. The zero-order chi connectivity index (χ0) is 30.3. The van der Waals surface area contributed by atoms with Crippen molar-refractivity contribution in [3.05, 3.63) is 143 Å². The normalized spacial score (nSPS) is 15.5. The van der Waals surface area contributed by atoms with Crippen LogP contribution >= 0.6 is 22.7 Å². The maximum Gasteiger partial charge on any atom is 0.338 e. The van der Waals surface area contributed by atoms with Crippen LogP contribution in [0.2, 0.25) is 0 Å². The van der Waals surface area contributed by atoms with Crippen LogP contribution in [0.15, 0.2) is 121 Å². The first-order chi connectivity index (χ1) is 21.3. The van der Waals surface area contributed by atoms with Crippen molar-refractivity contribution >= 4 is 33.8 Å². The molecule has 2 aromatic heterocycles. The summed E-state index contributed by atoms with van der Waals surface area (Å²) in [5, 5.41) is 1.06. The first-order valence-electron chi connectivity index (χ1n) is 14.0. The van der Waals surface area contributed by atoms with E-state index in [9.17, 15) is 0 Å². The van der Waals surface area contributed by atoms with Gasteiger partial charge in [-0.3, -0.25) is 0 Å². The van der Waals surface area contributed by atoms with Crippen LogP contribution in [0.1, 0.15) is 28.2 Å². The predicted molar refractivity (Wildman–Crippen MR) is 171 cm³/mol. The molecule has 218 valence electrons. The molecule has 0 N–H and O–H groups in total. The number of halogens is 4. The molecule has 8 heteroatoms. The summed E-state index contributed by atoms with van der Waals surface area (Å²) >= 11 is 2.56. The Labute approximate surface area is 260 Å². The summed E-state index contributed by atoms with van der Waals surface area (Å²) in [5.41, 5.74) is 2.22. The first-order valence-corrected chi connectivity index (χ1v) is 15.7. The molecule has 0 fully saturated rings. The fraction of sp³-hybridized carbons (Fsp3) is 0.111. The Morgan fingerprint density at radius 3 is 1.61 bits per heavy atom. The maximum atomic E-state index is 16.1. The van der Waals surface area contributed by atoms with Gasteiger partial charge in [-0.25, -0.2) is 9.97 Å². The van der Waals surface area contributed by atoms with Gasteiger partial charge in [0.25, 0.3) is 0 Å². The van der Waals surface area contributed by atoms with Gasteiger partial charge in [0.15, 0.2) is 0 Å². The van der Waals surface area contributed by atoms with Crippen molar-refractivity contribution in [2.45, 2.75) is 24.7 Å². The zero-order valence-electron chi connectivity index (χ0n) is 23.2. The van der Waals surface area contributed by atoms with Crippen molar-refractivity contribution in [2.24, 2.45) is 0 Å². The Morgan fingerprint density at radius 2 is 1.05 bits per heavy atom. The smallest absolute Gasteiger partial charge is 0.236 e. The molecule has 0 unspecified atom stereocenters. The van der Waals surface area contributed by atoms with Crippen molar-refractivity contribution < 1.29 is 17.6 Å². The minimum Gasteiger partial charge on any atom is -0.236 e. The van der Waals surface area contributed by atoms with Gasteiger partial charge in [0, 0.05) is 28.8 Å². The lowest BCUT2D eigenvalue weighted by atomic mass is 9.98. The van der Waals surface area contributed by atoms with E-state index in [-0.39, 0.29) is 17.0 Å². The highest BCUT2D eigenvalue weighted by Crippen LogP contribution is 2.60. The van der Waals surface area contributed by atoms with E-state index >= 15 is 17.6 Å². The van der Waals surface area contributed by atoms with Crippen LogP contribution in [0.5, 0.6) is 0 Å². The lowest BCUT2D eigenvalue weighted by Gasteiger charge is -2.21. The Kier molecular flexibility index (Phi) is 7.26. The summed E-state index contributed by atoms with van der Waals surface area (Å²) in [4.78, 5) is 10.5. The Balaban J connectivity index is 1.50.